The van der Waals surface area contributed by atoms with E-state index in [4.69, 9.17) is 23.2 Å². The first-order valence-corrected chi connectivity index (χ1v) is 14.0. The van der Waals surface area contributed by atoms with Crippen molar-refractivity contribution >= 4 is 62.8 Å². The Morgan fingerprint density at radius 2 is 1.92 bits per heavy atom. The molecule has 204 valence electrons. The van der Waals surface area contributed by atoms with Crippen LogP contribution in [0.2, 0.25) is 10.0 Å². The van der Waals surface area contributed by atoms with Crippen LogP contribution in [0.1, 0.15) is 62.3 Å². The number of hydrogen-bond acceptors (Lipinski definition) is 6. The molecule has 9 nitrogen and oxygen atoms in total. The van der Waals surface area contributed by atoms with Crippen molar-refractivity contribution in [3.8, 4) is 0 Å². The smallest absolute Gasteiger partial charge is 0.256 e. The highest BCUT2D eigenvalue weighted by molar-refractivity contribution is 6.35. The van der Waals surface area contributed by atoms with Crippen LogP contribution in [0.15, 0.2) is 36.7 Å². The zero-order valence-electron chi connectivity index (χ0n) is 22.2. The van der Waals surface area contributed by atoms with Gasteiger partial charge in [-0.25, -0.2) is 15.0 Å². The Hall–Kier alpha value is -3.43. The lowest BCUT2D eigenvalue weighted by Gasteiger charge is -2.37. The third-order valence-corrected chi connectivity index (χ3v) is 7.85. The lowest BCUT2D eigenvalue weighted by molar-refractivity contribution is -0.136. The number of nitrogens with one attached hydrogen (secondary N) is 2. The molecule has 0 unspecified atom stereocenters. The number of likely N-dealkylation sites (tertiary alicyclic amines) is 1. The van der Waals surface area contributed by atoms with Crippen LogP contribution in [0, 0.1) is 0 Å². The Labute approximate surface area is 236 Å². The minimum Gasteiger partial charge on any atom is -0.360 e. The van der Waals surface area contributed by atoms with Crippen LogP contribution in [0.3, 0.4) is 0 Å². The van der Waals surface area contributed by atoms with Gasteiger partial charge in [0, 0.05) is 30.0 Å². The van der Waals surface area contributed by atoms with Gasteiger partial charge < -0.3 is 20.1 Å². The number of carbonyl (C=O) groups is 2. The predicted octanol–water partition coefficient (Wildman–Crippen LogP) is 5.85. The molecule has 5 rings (SSSR count). The van der Waals surface area contributed by atoms with E-state index in [1.807, 2.05) is 32.9 Å². The van der Waals surface area contributed by atoms with Crippen LogP contribution in [-0.4, -0.2) is 67.2 Å². The summed E-state index contributed by atoms with van der Waals surface area (Å²) in [6.07, 6.45) is 3.85. The second kappa shape index (κ2) is 11.4. The average molecular weight is 569 g/mol. The average Bonchev–Trinajstić information content (AvgIpc) is 3.37. The van der Waals surface area contributed by atoms with E-state index >= 15 is 0 Å². The Morgan fingerprint density at radius 3 is 2.69 bits per heavy atom. The molecule has 1 aliphatic heterocycles. The molecule has 1 saturated heterocycles. The van der Waals surface area contributed by atoms with Gasteiger partial charge in [-0.1, -0.05) is 23.2 Å². The Morgan fingerprint density at radius 1 is 1.13 bits per heavy atom. The number of piperidine rings is 1. The molecule has 2 N–H and O–H groups in total. The van der Waals surface area contributed by atoms with Gasteiger partial charge in [0.2, 0.25) is 5.91 Å². The molecule has 2 amide bonds. The number of imidazole rings is 1. The number of likely N-dealkylation sites (N-methyl/N-ethyl adjacent to an activating group) is 1. The molecule has 1 fully saturated rings. The van der Waals surface area contributed by atoms with Gasteiger partial charge in [0.05, 0.1) is 33.2 Å². The van der Waals surface area contributed by atoms with E-state index in [-0.39, 0.29) is 22.9 Å². The molecule has 0 aliphatic carbocycles. The summed E-state index contributed by atoms with van der Waals surface area (Å²) >= 11 is 12.8. The molecule has 0 bridgehead atoms. The Bertz CT molecular complexity index is 1540. The lowest BCUT2D eigenvalue weighted by atomic mass is 9.99. The maximum Gasteiger partial charge on any atom is 0.256 e. The summed E-state index contributed by atoms with van der Waals surface area (Å²) in [7, 11) is 0. The van der Waals surface area contributed by atoms with Crippen LogP contribution < -0.4 is 5.32 Å². The van der Waals surface area contributed by atoms with Gasteiger partial charge in [0.15, 0.2) is 0 Å². The van der Waals surface area contributed by atoms with Crippen LogP contribution in [0.5, 0.6) is 0 Å². The number of fused-ring (bicyclic) bond motifs is 2. The molecule has 0 spiro atoms. The number of amides is 2. The summed E-state index contributed by atoms with van der Waals surface area (Å²) in [5.74, 6) is 1.03. The van der Waals surface area contributed by atoms with Gasteiger partial charge in [0.1, 0.15) is 24.0 Å². The molecule has 39 heavy (non-hydrogen) atoms. The topological polar surface area (TPSA) is 107 Å². The minimum atomic E-state index is -0.486. The highest BCUT2D eigenvalue weighted by atomic mass is 35.5. The van der Waals surface area contributed by atoms with Crippen molar-refractivity contribution in [1.29, 1.82) is 0 Å². The molecule has 2 aromatic carbocycles. The number of aromatic nitrogens is 4. The quantitative estimate of drug-likeness (QED) is 0.290. The summed E-state index contributed by atoms with van der Waals surface area (Å²) in [5, 5.41) is 4.98. The molecule has 3 heterocycles. The summed E-state index contributed by atoms with van der Waals surface area (Å²) in [5.41, 5.74) is 2.57. The van der Waals surface area contributed by atoms with E-state index in [9.17, 15) is 9.59 Å². The number of nitrogens with zero attached hydrogens (tertiary/aromatic N) is 5. The van der Waals surface area contributed by atoms with Gasteiger partial charge in [-0.2, -0.15) is 0 Å². The van der Waals surface area contributed by atoms with E-state index < -0.39 is 6.04 Å². The van der Waals surface area contributed by atoms with E-state index in [0.717, 1.165) is 29.7 Å². The maximum absolute atomic E-state index is 13.7. The van der Waals surface area contributed by atoms with Gasteiger partial charge in [-0.3, -0.25) is 9.59 Å². The molecule has 2 aromatic heterocycles. The number of aromatic amines is 1. The zero-order chi connectivity index (χ0) is 27.7. The van der Waals surface area contributed by atoms with Crippen LogP contribution in [-0.2, 0) is 4.79 Å². The fraction of sp³-hybridized carbons (Fsp3) is 0.393. The number of rotatable bonds is 7. The third kappa shape index (κ3) is 5.38. The van der Waals surface area contributed by atoms with Gasteiger partial charge in [0.25, 0.3) is 5.91 Å². The number of H-pyrrole nitrogens is 1. The van der Waals surface area contributed by atoms with Crippen molar-refractivity contribution in [3.05, 3.63) is 58.1 Å². The number of carbonyl (C=O) groups excluding carboxylic acids is 2. The molecule has 2 atom stereocenters. The number of anilines is 1. The first-order chi connectivity index (χ1) is 18.8. The third-order valence-electron chi connectivity index (χ3n) is 7.30. The van der Waals surface area contributed by atoms with Crippen molar-refractivity contribution in [1.82, 2.24) is 29.7 Å². The van der Waals surface area contributed by atoms with Gasteiger partial charge in [-0.05, 0) is 70.4 Å². The molecule has 0 saturated carbocycles. The van der Waals surface area contributed by atoms with Crippen molar-refractivity contribution in [2.75, 3.05) is 25.0 Å². The highest BCUT2D eigenvalue weighted by Crippen LogP contribution is 2.31. The van der Waals surface area contributed by atoms with Gasteiger partial charge in [-0.15, -0.1) is 0 Å². The largest absolute Gasteiger partial charge is 0.360 e. The van der Waals surface area contributed by atoms with E-state index in [2.05, 4.69) is 25.3 Å². The van der Waals surface area contributed by atoms with Crippen molar-refractivity contribution in [3.63, 3.8) is 0 Å². The first kappa shape index (κ1) is 27.1. The molecular weight excluding hydrogens is 537 g/mol. The zero-order valence-corrected chi connectivity index (χ0v) is 23.7. The number of halogens is 2. The lowest BCUT2D eigenvalue weighted by Crippen LogP contribution is -2.53. The SMILES string of the molecule is CCN(CC)C(=O)[C@@H]1CCCCN1C(=O)c1cc2ncnc(N[C@@H](C)c3nc4ccc(Cl)cc4[nH]3)c2cc1Cl. The molecule has 1 aliphatic rings. The van der Waals surface area contributed by atoms with E-state index in [0.29, 0.717) is 53.4 Å². The Kier molecular flexibility index (Phi) is 7.91. The van der Waals surface area contributed by atoms with Gasteiger partial charge >= 0.3 is 0 Å². The minimum absolute atomic E-state index is 0.0133. The van der Waals surface area contributed by atoms with Crippen LogP contribution in [0.25, 0.3) is 21.9 Å². The number of benzene rings is 2. The van der Waals surface area contributed by atoms with Crippen molar-refractivity contribution in [2.24, 2.45) is 0 Å². The first-order valence-electron chi connectivity index (χ1n) is 13.3. The molecule has 11 heteroatoms. The molecule has 4 aromatic rings. The van der Waals surface area contributed by atoms with Crippen molar-refractivity contribution < 1.29 is 9.59 Å². The summed E-state index contributed by atoms with van der Waals surface area (Å²) in [6, 6.07) is 8.20. The van der Waals surface area contributed by atoms with Crippen LogP contribution >= 0.6 is 23.2 Å². The molecule has 0 radical (unpaired) electrons. The fourth-order valence-electron chi connectivity index (χ4n) is 5.17. The Balaban J connectivity index is 1.43. The summed E-state index contributed by atoms with van der Waals surface area (Å²) in [6.45, 7) is 7.60. The number of hydrogen-bond donors (Lipinski definition) is 2. The normalized spacial score (nSPS) is 16.4. The van der Waals surface area contributed by atoms with E-state index in [1.165, 1.54) is 6.33 Å². The highest BCUT2D eigenvalue weighted by Gasteiger charge is 2.35. The monoisotopic (exact) mass is 567 g/mol. The maximum atomic E-state index is 13.7. The second-order valence-electron chi connectivity index (χ2n) is 9.74. The summed E-state index contributed by atoms with van der Waals surface area (Å²) in [4.78, 5) is 47.2. The second-order valence-corrected chi connectivity index (χ2v) is 10.6. The molecular formula is C28H31Cl2N7O2. The fourth-order valence-corrected chi connectivity index (χ4v) is 5.58. The standard InChI is InChI=1S/C28H31Cl2N7O2/c1-4-36(5-2)28(39)24-8-6-7-11-37(24)27(38)18-14-22-19(13-20(18)30)26(32-15-31-22)33-16(3)25-34-21-10-9-17(29)12-23(21)35-25/h9-10,12-16,24H,4-8,11H2,1-3H3,(H,34,35)(H,31,32,33)/t16-,24-/m0/s1. The summed E-state index contributed by atoms with van der Waals surface area (Å²) < 4.78 is 0. The van der Waals surface area contributed by atoms with Crippen molar-refractivity contribution in [2.45, 2.75) is 52.1 Å². The van der Waals surface area contributed by atoms with Crippen LogP contribution in [0.4, 0.5) is 5.82 Å². The predicted molar refractivity (Wildman–Crippen MR) is 154 cm³/mol. The van der Waals surface area contributed by atoms with E-state index in [1.54, 1.807) is 28.0 Å².